The van der Waals surface area contributed by atoms with Crippen LogP contribution in [0.4, 0.5) is 22.7 Å². The number of hydrogen-bond donors (Lipinski definition) is 4. The summed E-state index contributed by atoms with van der Waals surface area (Å²) in [6.07, 6.45) is 0. The predicted octanol–water partition coefficient (Wildman–Crippen LogP) is 17.2. The Morgan fingerprint density at radius 3 is 0.559 bits per heavy atom. The molecule has 4 heterocycles. The number of para-hydroxylation sites is 4. The van der Waals surface area contributed by atoms with Gasteiger partial charge in [0.15, 0.2) is 21.7 Å². The van der Waals surface area contributed by atoms with Crippen LogP contribution in [0, 0.1) is 0 Å². The van der Waals surface area contributed by atoms with Crippen molar-refractivity contribution < 1.29 is 34.5 Å². The number of hydrogen-bond acceptors (Lipinski definition) is 16. The number of anilines is 4. The normalized spacial score (nSPS) is 10.8. The molecule has 0 radical (unpaired) electrons. The summed E-state index contributed by atoms with van der Waals surface area (Å²) in [6, 6.07) is 98.1. The van der Waals surface area contributed by atoms with Crippen LogP contribution < -0.4 is 44.6 Å². The van der Waals surface area contributed by atoms with Gasteiger partial charge in [-0.05, 0) is 146 Å². The maximum Gasteiger partial charge on any atom is 0.206 e. The van der Waals surface area contributed by atoms with E-state index in [9.17, 15) is 36.0 Å². The van der Waals surface area contributed by atoms with E-state index in [1.165, 1.54) is 72.8 Å². The van der Waals surface area contributed by atoms with Crippen LogP contribution in [0.1, 0.15) is 0 Å². The molecule has 0 bridgehead atoms. The molecule has 0 aliphatic rings. The van der Waals surface area contributed by atoms with E-state index >= 15 is 0 Å². The van der Waals surface area contributed by atoms with Crippen LogP contribution in [0.15, 0.2) is 396 Å². The van der Waals surface area contributed by atoms with Crippen molar-refractivity contribution in [1.82, 2.24) is 0 Å². The van der Waals surface area contributed by atoms with Crippen LogP contribution in [0.3, 0.4) is 0 Å². The van der Waals surface area contributed by atoms with Crippen molar-refractivity contribution in [3.05, 3.63) is 381 Å². The minimum Gasteiger partial charge on any atom is -0.456 e. The van der Waals surface area contributed by atoms with Gasteiger partial charge in [0.05, 0.1) is 41.1 Å². The number of sulfone groups is 2. The molecule has 0 fully saturated rings. The molecule has 102 heavy (non-hydrogen) atoms. The summed E-state index contributed by atoms with van der Waals surface area (Å²) in [7, 11) is -6.97. The highest BCUT2D eigenvalue weighted by Crippen LogP contribution is 2.28. The molecule has 12 aromatic carbocycles. The second kappa shape index (κ2) is 32.3. The molecule has 0 amide bonds. The maximum absolute atomic E-state index is 12.2. The number of nitrogen functional groups attached to an aromatic ring is 4. The largest absolute Gasteiger partial charge is 0.456 e. The highest BCUT2D eigenvalue weighted by atomic mass is 32.2. The first kappa shape index (κ1) is 69.9. The van der Waals surface area contributed by atoms with Crippen LogP contribution in [-0.2, 0) is 19.7 Å². The third-order valence-corrected chi connectivity index (χ3v) is 19.1. The summed E-state index contributed by atoms with van der Waals surface area (Å²) < 4.78 is 71.6. The van der Waals surface area contributed by atoms with Gasteiger partial charge in [0.25, 0.3) is 0 Å². The third kappa shape index (κ3) is 17.5. The van der Waals surface area contributed by atoms with E-state index in [4.69, 9.17) is 40.6 Å². The summed E-state index contributed by atoms with van der Waals surface area (Å²) in [4.78, 5) is 48.5. The minimum absolute atomic E-state index is 0.00861. The summed E-state index contributed by atoms with van der Waals surface area (Å²) in [5.74, 6) is 2.42. The molecule has 16 nitrogen and oxygen atoms in total. The molecular weight excluding hydrogens is 1320 g/mol. The van der Waals surface area contributed by atoms with E-state index in [0.717, 1.165) is 22.3 Å². The predicted molar refractivity (Wildman–Crippen MR) is 406 cm³/mol. The Morgan fingerprint density at radius 2 is 0.373 bits per heavy atom. The first-order valence-electron chi connectivity index (χ1n) is 31.6. The van der Waals surface area contributed by atoms with Gasteiger partial charge in [0, 0.05) is 69.3 Å². The Kier molecular flexibility index (Phi) is 22.1. The maximum atomic E-state index is 12.2. The zero-order chi connectivity index (χ0) is 71.6. The topological polar surface area (TPSA) is 293 Å². The fraction of sp³-hybridized carbons (Fsp3) is 0. The molecule has 18 heteroatoms. The van der Waals surface area contributed by atoms with Gasteiger partial charge in [0.2, 0.25) is 19.7 Å². The molecule has 0 aliphatic carbocycles. The third-order valence-electron chi connectivity index (χ3n) is 15.5. The first-order chi connectivity index (χ1) is 49.4. The minimum atomic E-state index is -3.48. The smallest absolute Gasteiger partial charge is 0.206 e. The first-order valence-corrected chi connectivity index (χ1v) is 34.6. The Hall–Kier alpha value is -13.4. The molecule has 504 valence electrons. The van der Waals surface area contributed by atoms with Crippen molar-refractivity contribution in [1.29, 1.82) is 0 Å². The highest BCUT2D eigenvalue weighted by molar-refractivity contribution is 7.91. The van der Waals surface area contributed by atoms with Gasteiger partial charge in [0.1, 0.15) is 45.4 Å². The molecule has 4 aromatic heterocycles. The monoisotopic (exact) mass is 1380 g/mol. The fourth-order valence-corrected chi connectivity index (χ4v) is 12.8. The summed E-state index contributed by atoms with van der Waals surface area (Å²) in [6.45, 7) is 0. The lowest BCUT2D eigenvalue weighted by molar-refractivity contribution is 0.594. The standard InChI is InChI=1S/4C15H10O2.2C12H12N2O2S/c4*16-13-10-15(11-6-2-1-3-7-11)17-14-9-5-4-8-12(13)14;2*13-9-1-5-11(6-2-9)17(15,16)12-7-3-10(14)4-8-12/h4*1-10H;2*1-8H,13-14H2. The summed E-state index contributed by atoms with van der Waals surface area (Å²) in [5.41, 5.74) is 30.3. The van der Waals surface area contributed by atoms with E-state index in [2.05, 4.69) is 0 Å². The molecular formula is C84H64N4O12S2. The SMILES string of the molecule is Nc1ccc(S(=O)(=O)c2ccc(N)cc2)cc1.Nc1ccc(S(=O)(=O)c2ccc(N)cc2)cc1.O=c1cc(-c2ccccc2)oc2ccccc12.O=c1cc(-c2ccccc2)oc2ccccc12.O=c1cc(-c2ccccc2)oc2ccccc12.O=c1cc(-c2ccccc2)oc2ccccc12. The van der Waals surface area contributed by atoms with Crippen LogP contribution in [-0.4, -0.2) is 16.8 Å². The fourth-order valence-electron chi connectivity index (χ4n) is 10.3. The highest BCUT2D eigenvalue weighted by Gasteiger charge is 2.19. The van der Waals surface area contributed by atoms with E-state index in [0.29, 0.717) is 89.7 Å². The molecule has 16 rings (SSSR count). The molecule has 0 aliphatic heterocycles. The van der Waals surface area contributed by atoms with Gasteiger partial charge in [-0.15, -0.1) is 0 Å². The molecule has 0 saturated carbocycles. The summed E-state index contributed by atoms with van der Waals surface area (Å²) in [5, 5.41) is 2.47. The van der Waals surface area contributed by atoms with E-state index < -0.39 is 19.7 Å². The summed E-state index contributed by atoms with van der Waals surface area (Å²) >= 11 is 0. The van der Waals surface area contributed by atoms with Gasteiger partial charge in [-0.3, -0.25) is 19.2 Å². The van der Waals surface area contributed by atoms with Crippen molar-refractivity contribution >= 4 is 86.3 Å². The average Bonchev–Trinajstić information content (AvgIpc) is 0.848. The number of fused-ring (bicyclic) bond motifs is 4. The molecule has 16 aromatic rings. The molecule has 0 saturated heterocycles. The zero-order valence-electron chi connectivity index (χ0n) is 54.4. The average molecular weight is 1390 g/mol. The Balaban J connectivity index is 0.000000123. The van der Waals surface area contributed by atoms with Crippen molar-refractivity contribution in [3.63, 3.8) is 0 Å². The lowest BCUT2D eigenvalue weighted by Gasteiger charge is -2.05. The molecule has 0 atom stereocenters. The van der Waals surface area contributed by atoms with Gasteiger partial charge in [-0.25, -0.2) is 16.8 Å². The van der Waals surface area contributed by atoms with Crippen LogP contribution in [0.5, 0.6) is 0 Å². The zero-order valence-corrected chi connectivity index (χ0v) is 56.0. The van der Waals surface area contributed by atoms with E-state index in [1.54, 1.807) is 72.8 Å². The molecule has 0 unspecified atom stereocenters. The van der Waals surface area contributed by atoms with Crippen molar-refractivity contribution in [3.8, 4) is 45.3 Å². The van der Waals surface area contributed by atoms with E-state index in [1.807, 2.05) is 194 Å². The number of rotatable bonds is 8. The lowest BCUT2D eigenvalue weighted by atomic mass is 10.1. The second-order valence-electron chi connectivity index (χ2n) is 22.6. The van der Waals surface area contributed by atoms with Crippen LogP contribution >= 0.6 is 0 Å². The van der Waals surface area contributed by atoms with Crippen molar-refractivity contribution in [2.45, 2.75) is 19.6 Å². The second-order valence-corrected chi connectivity index (χ2v) is 26.5. The Bertz CT molecular complexity index is 5290. The molecule has 8 N–H and O–H groups in total. The van der Waals surface area contributed by atoms with Crippen molar-refractivity contribution in [2.75, 3.05) is 22.9 Å². The van der Waals surface area contributed by atoms with Gasteiger partial charge in [-0.2, -0.15) is 0 Å². The van der Waals surface area contributed by atoms with Gasteiger partial charge >= 0.3 is 0 Å². The number of nitrogens with two attached hydrogens (primary N) is 4. The van der Waals surface area contributed by atoms with Crippen molar-refractivity contribution in [2.24, 2.45) is 0 Å². The lowest BCUT2D eigenvalue weighted by Crippen LogP contribution is -2.02. The van der Waals surface area contributed by atoms with Crippen LogP contribution in [0.2, 0.25) is 0 Å². The van der Waals surface area contributed by atoms with E-state index in [-0.39, 0.29) is 41.3 Å². The van der Waals surface area contributed by atoms with Gasteiger partial charge < -0.3 is 40.6 Å². The number of benzene rings is 12. The van der Waals surface area contributed by atoms with Crippen LogP contribution in [0.25, 0.3) is 89.2 Å². The Morgan fingerprint density at radius 1 is 0.206 bits per heavy atom. The molecule has 0 spiro atoms. The quantitative estimate of drug-likeness (QED) is 0.103. The van der Waals surface area contributed by atoms with Gasteiger partial charge in [-0.1, -0.05) is 170 Å². The Labute approximate surface area is 585 Å².